The standard InChI is InChI=1S/C10H11N5O5/c11-14-12-3-10(4-16)7(18)6-8(20-10)15-2-1-5(17)13-9(15)19-6/h1-2,6-8,16,18H,3-4H2/t6-,7-,8+,10+/m0/s1. The highest BCUT2D eigenvalue weighted by atomic mass is 16.6. The lowest BCUT2D eigenvalue weighted by Crippen LogP contribution is -2.49. The molecule has 106 valence electrons. The molecule has 0 aromatic carbocycles. The van der Waals surface area contributed by atoms with Crippen molar-refractivity contribution in [1.82, 2.24) is 9.55 Å². The van der Waals surface area contributed by atoms with Gasteiger partial charge in [-0.25, -0.2) is 0 Å². The third-order valence-electron chi connectivity index (χ3n) is 3.48. The quantitative estimate of drug-likeness (QED) is 0.410. The first-order valence-corrected chi connectivity index (χ1v) is 5.85. The monoisotopic (exact) mass is 281 g/mol. The highest BCUT2D eigenvalue weighted by Crippen LogP contribution is 2.43. The van der Waals surface area contributed by atoms with E-state index in [0.717, 1.165) is 0 Å². The Hall–Kier alpha value is -2.13. The van der Waals surface area contributed by atoms with Gasteiger partial charge < -0.3 is 19.7 Å². The van der Waals surface area contributed by atoms with E-state index >= 15 is 0 Å². The lowest BCUT2D eigenvalue weighted by atomic mass is 9.96. The minimum Gasteiger partial charge on any atom is -0.453 e. The molecule has 0 radical (unpaired) electrons. The van der Waals surface area contributed by atoms with Crippen LogP contribution in [0.25, 0.3) is 10.4 Å². The van der Waals surface area contributed by atoms with Gasteiger partial charge in [0.1, 0.15) is 11.7 Å². The number of fused-ring (bicyclic) bond motifs is 3. The summed E-state index contributed by atoms with van der Waals surface area (Å²) in [5.41, 5.74) is 6.48. The average Bonchev–Trinajstić information content (AvgIpc) is 2.92. The van der Waals surface area contributed by atoms with Crippen molar-refractivity contribution in [2.24, 2.45) is 5.11 Å². The number of nitrogens with zero attached hydrogens (tertiary/aromatic N) is 5. The Morgan fingerprint density at radius 1 is 1.65 bits per heavy atom. The molecule has 0 unspecified atom stereocenters. The second kappa shape index (κ2) is 4.46. The first kappa shape index (κ1) is 12.9. The maximum Gasteiger partial charge on any atom is 0.302 e. The Kier molecular flexibility index (Phi) is 2.87. The van der Waals surface area contributed by atoms with E-state index in [9.17, 15) is 15.0 Å². The molecule has 1 fully saturated rings. The van der Waals surface area contributed by atoms with Gasteiger partial charge in [0.15, 0.2) is 12.3 Å². The summed E-state index contributed by atoms with van der Waals surface area (Å²) >= 11 is 0. The third-order valence-corrected chi connectivity index (χ3v) is 3.48. The first-order chi connectivity index (χ1) is 9.61. The van der Waals surface area contributed by atoms with Crippen LogP contribution in [0, 0.1) is 0 Å². The van der Waals surface area contributed by atoms with Crippen molar-refractivity contribution in [3.63, 3.8) is 0 Å². The number of rotatable bonds is 3. The molecule has 0 bridgehead atoms. The Balaban J connectivity index is 1.96. The summed E-state index contributed by atoms with van der Waals surface area (Å²) in [5.74, 6) is 0. The number of hydrogen-bond donors (Lipinski definition) is 2. The van der Waals surface area contributed by atoms with Crippen LogP contribution in [0.5, 0.6) is 6.01 Å². The minimum atomic E-state index is -1.43. The number of azide groups is 1. The summed E-state index contributed by atoms with van der Waals surface area (Å²) < 4.78 is 12.5. The lowest BCUT2D eigenvalue weighted by Gasteiger charge is -2.29. The molecule has 2 N–H and O–H groups in total. The predicted octanol–water partition coefficient (Wildman–Crippen LogP) is -1.06. The Bertz CT molecular complexity index is 641. The maximum atomic E-state index is 11.2. The molecule has 2 aliphatic heterocycles. The molecule has 2 aliphatic rings. The molecule has 4 atom stereocenters. The van der Waals surface area contributed by atoms with Gasteiger partial charge in [-0.05, 0) is 5.53 Å². The average molecular weight is 281 g/mol. The van der Waals surface area contributed by atoms with E-state index in [1.54, 1.807) is 0 Å². The molecule has 3 rings (SSSR count). The van der Waals surface area contributed by atoms with Crippen LogP contribution in [-0.4, -0.2) is 50.7 Å². The molecular weight excluding hydrogens is 270 g/mol. The maximum absolute atomic E-state index is 11.2. The van der Waals surface area contributed by atoms with E-state index in [1.807, 2.05) is 0 Å². The number of aliphatic hydroxyl groups is 2. The van der Waals surface area contributed by atoms with Gasteiger partial charge >= 0.3 is 6.01 Å². The minimum absolute atomic E-state index is 0.0434. The smallest absolute Gasteiger partial charge is 0.302 e. The first-order valence-electron chi connectivity index (χ1n) is 5.85. The molecule has 10 nitrogen and oxygen atoms in total. The van der Waals surface area contributed by atoms with Gasteiger partial charge in [0.2, 0.25) is 0 Å². The Morgan fingerprint density at radius 2 is 2.45 bits per heavy atom. The summed E-state index contributed by atoms with van der Waals surface area (Å²) in [6, 6.07) is 1.28. The van der Waals surface area contributed by atoms with E-state index in [4.69, 9.17) is 15.0 Å². The highest BCUT2D eigenvalue weighted by molar-refractivity contribution is 5.14. The van der Waals surface area contributed by atoms with Gasteiger partial charge in [0, 0.05) is 17.2 Å². The molecule has 1 aromatic rings. The van der Waals surface area contributed by atoms with E-state index < -0.39 is 36.2 Å². The van der Waals surface area contributed by atoms with Crippen molar-refractivity contribution in [2.75, 3.05) is 13.2 Å². The molecule has 0 spiro atoms. The van der Waals surface area contributed by atoms with E-state index in [-0.39, 0.29) is 12.6 Å². The van der Waals surface area contributed by atoms with Crippen LogP contribution in [-0.2, 0) is 4.74 Å². The third kappa shape index (κ3) is 1.67. The van der Waals surface area contributed by atoms with Gasteiger partial charge in [0.25, 0.3) is 5.56 Å². The number of hydrogen-bond acceptors (Lipinski definition) is 7. The highest BCUT2D eigenvalue weighted by Gasteiger charge is 2.59. The molecule has 0 amide bonds. The van der Waals surface area contributed by atoms with Gasteiger partial charge in [-0.2, -0.15) is 4.98 Å². The van der Waals surface area contributed by atoms with Gasteiger partial charge in [0.05, 0.1) is 13.2 Å². The lowest BCUT2D eigenvalue weighted by molar-refractivity contribution is -0.121. The Labute approximate surface area is 111 Å². The van der Waals surface area contributed by atoms with Crippen LogP contribution < -0.4 is 10.3 Å². The van der Waals surface area contributed by atoms with Gasteiger partial charge in [-0.15, -0.1) is 0 Å². The number of ether oxygens (including phenoxy) is 2. The predicted molar refractivity (Wildman–Crippen MR) is 62.9 cm³/mol. The summed E-state index contributed by atoms with van der Waals surface area (Å²) in [5, 5.41) is 23.1. The van der Waals surface area contributed by atoms with Crippen LogP contribution in [0.15, 0.2) is 22.2 Å². The van der Waals surface area contributed by atoms with Gasteiger partial charge in [-0.1, -0.05) is 5.11 Å². The SMILES string of the molecule is [N-]=[N+]=NC[C@]1(CO)O[C@@H]2[C@@H](Oc3nc(=O)ccn32)[C@@H]1O. The van der Waals surface area contributed by atoms with Crippen molar-refractivity contribution in [2.45, 2.75) is 24.0 Å². The molecule has 3 heterocycles. The molecule has 20 heavy (non-hydrogen) atoms. The molecule has 10 heteroatoms. The summed E-state index contributed by atoms with van der Waals surface area (Å²) in [7, 11) is 0. The van der Waals surface area contributed by atoms with Crippen LogP contribution in [0.3, 0.4) is 0 Å². The van der Waals surface area contributed by atoms with Crippen molar-refractivity contribution in [3.05, 3.63) is 33.1 Å². The largest absolute Gasteiger partial charge is 0.453 e. The van der Waals surface area contributed by atoms with E-state index in [2.05, 4.69) is 15.0 Å². The summed E-state index contributed by atoms with van der Waals surface area (Å²) in [6.07, 6.45) is -1.36. The molecule has 1 saturated heterocycles. The number of aliphatic hydroxyl groups excluding tert-OH is 2. The topological polar surface area (TPSA) is 143 Å². The molecule has 1 aromatic heterocycles. The van der Waals surface area contributed by atoms with Gasteiger partial charge in [-0.3, -0.25) is 9.36 Å². The van der Waals surface area contributed by atoms with Crippen molar-refractivity contribution in [3.8, 4) is 6.01 Å². The van der Waals surface area contributed by atoms with Crippen LogP contribution in [0.2, 0.25) is 0 Å². The van der Waals surface area contributed by atoms with E-state index in [1.165, 1.54) is 16.8 Å². The summed E-state index contributed by atoms with van der Waals surface area (Å²) in [4.78, 5) is 17.4. The second-order valence-corrected chi connectivity index (χ2v) is 4.60. The zero-order valence-electron chi connectivity index (χ0n) is 10.2. The molecular formula is C10H11N5O5. The zero-order valence-corrected chi connectivity index (χ0v) is 10.2. The second-order valence-electron chi connectivity index (χ2n) is 4.60. The fourth-order valence-corrected chi connectivity index (χ4v) is 2.43. The fraction of sp³-hybridized carbons (Fsp3) is 0.600. The van der Waals surface area contributed by atoms with Crippen molar-refractivity contribution >= 4 is 0 Å². The Morgan fingerprint density at radius 3 is 3.15 bits per heavy atom. The van der Waals surface area contributed by atoms with E-state index in [0.29, 0.717) is 0 Å². The molecule has 0 aliphatic carbocycles. The zero-order chi connectivity index (χ0) is 14.3. The summed E-state index contributed by atoms with van der Waals surface area (Å²) in [6.45, 7) is -0.771. The van der Waals surface area contributed by atoms with Crippen LogP contribution in [0.1, 0.15) is 6.23 Å². The van der Waals surface area contributed by atoms with Crippen molar-refractivity contribution < 1.29 is 19.7 Å². The fourth-order valence-electron chi connectivity index (χ4n) is 2.43. The van der Waals surface area contributed by atoms with Crippen LogP contribution >= 0.6 is 0 Å². The van der Waals surface area contributed by atoms with Crippen molar-refractivity contribution in [1.29, 1.82) is 0 Å². The van der Waals surface area contributed by atoms with Crippen LogP contribution in [0.4, 0.5) is 0 Å². The number of aromatic nitrogens is 2. The molecule has 0 saturated carbocycles. The normalized spacial score (nSPS) is 34.0.